The number of halogens is 1. The predicted octanol–water partition coefficient (Wildman–Crippen LogP) is 4.08. The van der Waals surface area contributed by atoms with Crippen LogP contribution in [0.2, 0.25) is 5.02 Å². The van der Waals surface area contributed by atoms with Crippen molar-refractivity contribution in [2.24, 2.45) is 0 Å². The number of ether oxygens (including phenoxy) is 1. The van der Waals surface area contributed by atoms with E-state index in [0.29, 0.717) is 32.8 Å². The number of anilines is 1. The zero-order valence-corrected chi connectivity index (χ0v) is 16.0. The van der Waals surface area contributed by atoms with Crippen LogP contribution >= 0.6 is 22.9 Å². The van der Waals surface area contributed by atoms with Gasteiger partial charge < -0.3 is 10.1 Å². The van der Waals surface area contributed by atoms with Gasteiger partial charge in [0.15, 0.2) is 5.82 Å². The second-order valence-electron chi connectivity index (χ2n) is 5.70. The Kier molecular flexibility index (Phi) is 4.51. The third-order valence-electron chi connectivity index (χ3n) is 3.97. The summed E-state index contributed by atoms with van der Waals surface area (Å²) in [6.45, 7) is 1.84. The second kappa shape index (κ2) is 6.98. The van der Waals surface area contributed by atoms with Gasteiger partial charge in [0.25, 0.3) is 5.91 Å². The van der Waals surface area contributed by atoms with Gasteiger partial charge in [0.05, 0.1) is 17.8 Å². The number of fused-ring (bicyclic) bond motifs is 1. The van der Waals surface area contributed by atoms with E-state index in [1.807, 2.05) is 31.2 Å². The van der Waals surface area contributed by atoms with E-state index >= 15 is 0 Å². The SMILES string of the molecule is COc1ccc(C(=O)Nc2ccccc2-c2nn3c(C)nnc3s2)cc1Cl. The lowest BCUT2D eigenvalue weighted by atomic mass is 10.1. The summed E-state index contributed by atoms with van der Waals surface area (Å²) < 4.78 is 6.80. The van der Waals surface area contributed by atoms with Crippen LogP contribution in [0.1, 0.15) is 16.2 Å². The van der Waals surface area contributed by atoms with Crippen molar-refractivity contribution >= 4 is 39.5 Å². The van der Waals surface area contributed by atoms with Gasteiger partial charge in [-0.05, 0) is 37.3 Å². The number of para-hydroxylation sites is 1. The van der Waals surface area contributed by atoms with Gasteiger partial charge in [-0.3, -0.25) is 4.79 Å². The van der Waals surface area contributed by atoms with Crippen molar-refractivity contribution in [2.75, 3.05) is 12.4 Å². The summed E-state index contributed by atoms with van der Waals surface area (Å²) in [5.74, 6) is 0.955. The number of methoxy groups -OCH3 is 1. The van der Waals surface area contributed by atoms with Crippen LogP contribution in [0.5, 0.6) is 5.75 Å². The molecule has 7 nitrogen and oxygen atoms in total. The summed E-state index contributed by atoms with van der Waals surface area (Å²) in [5, 5.41) is 16.7. The van der Waals surface area contributed by atoms with Gasteiger partial charge in [0, 0.05) is 11.1 Å². The third kappa shape index (κ3) is 3.24. The Morgan fingerprint density at radius 1 is 1.22 bits per heavy atom. The largest absolute Gasteiger partial charge is 0.495 e. The minimum atomic E-state index is -0.272. The molecule has 0 fully saturated rings. The number of nitrogens with zero attached hydrogens (tertiary/aromatic N) is 4. The Balaban J connectivity index is 1.66. The fourth-order valence-electron chi connectivity index (χ4n) is 2.60. The maximum absolute atomic E-state index is 12.7. The molecule has 0 aliphatic rings. The van der Waals surface area contributed by atoms with E-state index < -0.39 is 0 Å². The number of benzene rings is 2. The summed E-state index contributed by atoms with van der Waals surface area (Å²) >= 11 is 7.53. The Labute approximate surface area is 163 Å². The summed E-state index contributed by atoms with van der Waals surface area (Å²) in [5.41, 5.74) is 1.89. The van der Waals surface area contributed by atoms with Crippen molar-refractivity contribution in [3.8, 4) is 16.3 Å². The summed E-state index contributed by atoms with van der Waals surface area (Å²) in [7, 11) is 1.53. The molecule has 1 N–H and O–H groups in total. The smallest absolute Gasteiger partial charge is 0.255 e. The van der Waals surface area contributed by atoms with Gasteiger partial charge in [0.2, 0.25) is 4.96 Å². The van der Waals surface area contributed by atoms with Gasteiger partial charge >= 0.3 is 0 Å². The zero-order chi connectivity index (χ0) is 19.0. The molecule has 27 heavy (non-hydrogen) atoms. The number of rotatable bonds is 4. The number of nitrogens with one attached hydrogen (secondary N) is 1. The molecule has 2 aromatic heterocycles. The number of hydrogen-bond acceptors (Lipinski definition) is 6. The lowest BCUT2D eigenvalue weighted by Gasteiger charge is -2.10. The first-order valence-electron chi connectivity index (χ1n) is 8.00. The van der Waals surface area contributed by atoms with Gasteiger partial charge in [0.1, 0.15) is 10.8 Å². The fourth-order valence-corrected chi connectivity index (χ4v) is 3.79. The highest BCUT2D eigenvalue weighted by Gasteiger charge is 2.16. The third-order valence-corrected chi connectivity index (χ3v) is 5.19. The van der Waals surface area contributed by atoms with E-state index in [0.717, 1.165) is 10.6 Å². The molecule has 0 atom stereocenters. The number of carbonyl (C=O) groups is 1. The van der Waals surface area contributed by atoms with E-state index in [4.69, 9.17) is 16.3 Å². The van der Waals surface area contributed by atoms with Crippen molar-refractivity contribution in [2.45, 2.75) is 6.92 Å². The van der Waals surface area contributed by atoms with Crippen LogP contribution in [-0.4, -0.2) is 32.8 Å². The first kappa shape index (κ1) is 17.4. The average Bonchev–Trinajstić information content (AvgIpc) is 3.24. The van der Waals surface area contributed by atoms with Crippen molar-refractivity contribution in [3.63, 3.8) is 0 Å². The van der Waals surface area contributed by atoms with Crippen molar-refractivity contribution in [1.82, 2.24) is 19.8 Å². The molecule has 0 spiro atoms. The van der Waals surface area contributed by atoms with Gasteiger partial charge in [-0.15, -0.1) is 10.2 Å². The van der Waals surface area contributed by atoms with Gasteiger partial charge in [-0.25, -0.2) is 0 Å². The lowest BCUT2D eigenvalue weighted by molar-refractivity contribution is 0.102. The molecule has 9 heteroatoms. The summed E-state index contributed by atoms with van der Waals surface area (Å²) in [6, 6.07) is 12.4. The second-order valence-corrected chi connectivity index (χ2v) is 7.06. The number of hydrogen-bond donors (Lipinski definition) is 1. The van der Waals surface area contributed by atoms with Crippen LogP contribution in [0.15, 0.2) is 42.5 Å². The van der Waals surface area contributed by atoms with E-state index in [9.17, 15) is 4.79 Å². The van der Waals surface area contributed by atoms with Crippen molar-refractivity contribution < 1.29 is 9.53 Å². The van der Waals surface area contributed by atoms with Crippen LogP contribution in [0.25, 0.3) is 15.5 Å². The van der Waals surface area contributed by atoms with Crippen LogP contribution in [0.4, 0.5) is 5.69 Å². The monoisotopic (exact) mass is 399 g/mol. The van der Waals surface area contributed by atoms with Crippen LogP contribution < -0.4 is 10.1 Å². The maximum Gasteiger partial charge on any atom is 0.255 e. The van der Waals surface area contributed by atoms with E-state index in [-0.39, 0.29) is 5.91 Å². The molecule has 0 bridgehead atoms. The predicted molar refractivity (Wildman–Crippen MR) is 105 cm³/mol. The number of aryl methyl sites for hydroxylation is 1. The Hall–Kier alpha value is -2.97. The molecular formula is C18H14ClN5O2S. The lowest BCUT2D eigenvalue weighted by Crippen LogP contribution is -2.12. The normalized spacial score (nSPS) is 10.9. The molecule has 0 unspecified atom stereocenters. The van der Waals surface area contributed by atoms with Crippen LogP contribution in [0.3, 0.4) is 0 Å². The molecule has 2 aromatic carbocycles. The highest BCUT2D eigenvalue weighted by Crippen LogP contribution is 2.32. The molecule has 0 aliphatic heterocycles. The van der Waals surface area contributed by atoms with E-state index in [1.54, 1.807) is 22.7 Å². The molecule has 4 rings (SSSR count). The number of aromatic nitrogens is 4. The van der Waals surface area contributed by atoms with Gasteiger partial charge in [-0.2, -0.15) is 9.61 Å². The quantitative estimate of drug-likeness (QED) is 0.559. The maximum atomic E-state index is 12.7. The first-order chi connectivity index (χ1) is 13.1. The molecule has 0 saturated carbocycles. The molecule has 4 aromatic rings. The van der Waals surface area contributed by atoms with Crippen molar-refractivity contribution in [1.29, 1.82) is 0 Å². The molecular weight excluding hydrogens is 386 g/mol. The molecule has 0 aliphatic carbocycles. The van der Waals surface area contributed by atoms with Crippen LogP contribution in [-0.2, 0) is 0 Å². The fraction of sp³-hybridized carbons (Fsp3) is 0.111. The Morgan fingerprint density at radius 2 is 2.04 bits per heavy atom. The van der Waals surface area contributed by atoms with Crippen LogP contribution in [0, 0.1) is 6.92 Å². The molecule has 0 saturated heterocycles. The zero-order valence-electron chi connectivity index (χ0n) is 14.4. The summed E-state index contributed by atoms with van der Waals surface area (Å²) in [6.07, 6.45) is 0. The number of amides is 1. The highest BCUT2D eigenvalue weighted by molar-refractivity contribution is 7.19. The molecule has 0 radical (unpaired) electrons. The number of carbonyl (C=O) groups excluding carboxylic acids is 1. The summed E-state index contributed by atoms with van der Waals surface area (Å²) in [4.78, 5) is 13.4. The Morgan fingerprint density at radius 3 is 2.78 bits per heavy atom. The van der Waals surface area contributed by atoms with Gasteiger partial charge in [-0.1, -0.05) is 35.1 Å². The molecule has 1 amide bonds. The topological polar surface area (TPSA) is 81.4 Å². The Bertz CT molecular complexity index is 1150. The minimum absolute atomic E-state index is 0.272. The van der Waals surface area contributed by atoms with Crippen molar-refractivity contribution in [3.05, 3.63) is 58.9 Å². The molecule has 136 valence electrons. The standard InChI is InChI=1S/C18H14ClN5O2S/c1-10-21-22-18-24(10)23-17(27-18)12-5-3-4-6-14(12)20-16(25)11-7-8-15(26-2)13(19)9-11/h3-9H,1-2H3,(H,20,25). The average molecular weight is 400 g/mol. The van der Waals surface area contributed by atoms with E-state index in [1.165, 1.54) is 18.4 Å². The minimum Gasteiger partial charge on any atom is -0.495 e. The molecule has 2 heterocycles. The van der Waals surface area contributed by atoms with E-state index in [2.05, 4.69) is 20.6 Å². The highest BCUT2D eigenvalue weighted by atomic mass is 35.5. The first-order valence-corrected chi connectivity index (χ1v) is 9.19.